The first kappa shape index (κ1) is 12.7. The van der Waals surface area contributed by atoms with Crippen LogP contribution in [0.3, 0.4) is 0 Å². The molecule has 2 heterocycles. The molecule has 2 aromatic heterocycles. The lowest BCUT2D eigenvalue weighted by Gasteiger charge is -2.12. The Balaban J connectivity index is 2.07. The minimum Gasteiger partial charge on any atom is -0.345 e. The van der Waals surface area contributed by atoms with Crippen LogP contribution < -0.4 is 11.1 Å². The van der Waals surface area contributed by atoms with Crippen molar-refractivity contribution in [2.75, 3.05) is 0 Å². The van der Waals surface area contributed by atoms with Crippen LogP contribution in [-0.4, -0.2) is 10.9 Å². The maximum atomic E-state index is 12.0. The number of carbonyl (C=O) groups is 1. The van der Waals surface area contributed by atoms with Gasteiger partial charge in [-0.3, -0.25) is 9.78 Å². The summed E-state index contributed by atoms with van der Waals surface area (Å²) in [6.07, 6.45) is 1.60. The van der Waals surface area contributed by atoms with Crippen LogP contribution in [0.5, 0.6) is 0 Å². The molecule has 0 fully saturated rings. The highest BCUT2D eigenvalue weighted by atomic mass is 32.1. The summed E-state index contributed by atoms with van der Waals surface area (Å²) in [6, 6.07) is 5.41. The summed E-state index contributed by atoms with van der Waals surface area (Å²) in [6.45, 7) is 2.30. The van der Waals surface area contributed by atoms with Crippen molar-refractivity contribution in [2.45, 2.75) is 19.5 Å². The number of amides is 1. The van der Waals surface area contributed by atoms with Gasteiger partial charge in [0.25, 0.3) is 5.91 Å². The zero-order chi connectivity index (χ0) is 13.0. The number of pyridine rings is 1. The third kappa shape index (κ3) is 2.94. The zero-order valence-corrected chi connectivity index (χ0v) is 10.9. The van der Waals surface area contributed by atoms with Gasteiger partial charge >= 0.3 is 0 Å². The highest BCUT2D eigenvalue weighted by Crippen LogP contribution is 2.16. The van der Waals surface area contributed by atoms with Gasteiger partial charge in [-0.05, 0) is 41.4 Å². The average Bonchev–Trinajstić information content (AvgIpc) is 2.92. The Morgan fingerprint density at radius 1 is 1.56 bits per heavy atom. The molecule has 2 rings (SSSR count). The van der Waals surface area contributed by atoms with Crippen molar-refractivity contribution in [3.8, 4) is 0 Å². The lowest BCUT2D eigenvalue weighted by atomic mass is 10.1. The van der Waals surface area contributed by atoms with Gasteiger partial charge in [0.2, 0.25) is 0 Å². The van der Waals surface area contributed by atoms with Gasteiger partial charge in [-0.25, -0.2) is 0 Å². The van der Waals surface area contributed by atoms with Crippen LogP contribution in [-0.2, 0) is 6.54 Å². The second-order valence-electron chi connectivity index (χ2n) is 3.99. The molecule has 0 bridgehead atoms. The fourth-order valence-corrected chi connectivity index (χ4v) is 2.37. The maximum absolute atomic E-state index is 12.0. The molecule has 0 radical (unpaired) electrons. The van der Waals surface area contributed by atoms with Crippen LogP contribution in [0.2, 0.25) is 0 Å². The van der Waals surface area contributed by atoms with E-state index in [0.29, 0.717) is 17.8 Å². The third-order valence-electron chi connectivity index (χ3n) is 2.68. The van der Waals surface area contributed by atoms with Gasteiger partial charge in [0, 0.05) is 18.3 Å². The van der Waals surface area contributed by atoms with Gasteiger partial charge in [-0.2, -0.15) is 11.3 Å². The number of rotatable bonds is 4. The monoisotopic (exact) mass is 261 g/mol. The molecular weight excluding hydrogens is 246 g/mol. The lowest BCUT2D eigenvalue weighted by Crippen LogP contribution is -2.26. The molecule has 0 saturated carbocycles. The Kier molecular flexibility index (Phi) is 4.07. The normalized spacial score (nSPS) is 12.1. The molecule has 1 amide bonds. The van der Waals surface area contributed by atoms with E-state index in [-0.39, 0.29) is 11.9 Å². The Hall–Kier alpha value is -1.72. The van der Waals surface area contributed by atoms with Gasteiger partial charge in [-0.1, -0.05) is 0 Å². The van der Waals surface area contributed by atoms with Crippen molar-refractivity contribution >= 4 is 17.2 Å². The molecule has 1 unspecified atom stereocenters. The smallest absolute Gasteiger partial charge is 0.251 e. The molecule has 0 aromatic carbocycles. The minimum atomic E-state index is -0.106. The summed E-state index contributed by atoms with van der Waals surface area (Å²) in [7, 11) is 0. The number of carbonyl (C=O) groups excluding carboxylic acids is 1. The van der Waals surface area contributed by atoms with Crippen molar-refractivity contribution in [1.29, 1.82) is 0 Å². The van der Waals surface area contributed by atoms with E-state index in [1.807, 2.05) is 23.8 Å². The number of thiophene rings is 1. The van der Waals surface area contributed by atoms with Crippen molar-refractivity contribution in [3.05, 3.63) is 52.0 Å². The highest BCUT2D eigenvalue weighted by molar-refractivity contribution is 7.07. The molecule has 0 aliphatic rings. The van der Waals surface area contributed by atoms with Crippen LogP contribution >= 0.6 is 11.3 Å². The summed E-state index contributed by atoms with van der Waals surface area (Å²) in [4.78, 5) is 16.1. The first-order valence-electron chi connectivity index (χ1n) is 5.68. The van der Waals surface area contributed by atoms with Crippen LogP contribution in [0.4, 0.5) is 0 Å². The van der Waals surface area contributed by atoms with Crippen molar-refractivity contribution < 1.29 is 4.79 Å². The number of hydrogen-bond donors (Lipinski definition) is 2. The first-order valence-corrected chi connectivity index (χ1v) is 6.63. The summed E-state index contributed by atoms with van der Waals surface area (Å²) in [5.74, 6) is -0.106. The summed E-state index contributed by atoms with van der Waals surface area (Å²) < 4.78 is 0. The molecule has 2 aromatic rings. The van der Waals surface area contributed by atoms with Crippen molar-refractivity contribution in [1.82, 2.24) is 10.3 Å². The molecule has 3 N–H and O–H groups in total. The summed E-state index contributed by atoms with van der Waals surface area (Å²) in [5.41, 5.74) is 7.92. The molecule has 94 valence electrons. The molecular formula is C13H15N3OS. The van der Waals surface area contributed by atoms with Gasteiger partial charge in [0.1, 0.15) is 0 Å². The van der Waals surface area contributed by atoms with Gasteiger partial charge in [0.05, 0.1) is 11.7 Å². The Labute approximate surface area is 110 Å². The fraction of sp³-hybridized carbons (Fsp3) is 0.231. The molecule has 18 heavy (non-hydrogen) atoms. The van der Waals surface area contributed by atoms with E-state index >= 15 is 0 Å². The Bertz CT molecular complexity index is 525. The molecule has 0 aliphatic carbocycles. The van der Waals surface area contributed by atoms with Crippen molar-refractivity contribution in [2.24, 2.45) is 5.73 Å². The topological polar surface area (TPSA) is 68.0 Å². The van der Waals surface area contributed by atoms with E-state index < -0.39 is 0 Å². The third-order valence-corrected chi connectivity index (χ3v) is 3.38. The van der Waals surface area contributed by atoms with Crippen LogP contribution in [0.1, 0.15) is 34.6 Å². The number of nitrogens with two attached hydrogens (primary N) is 1. The van der Waals surface area contributed by atoms with E-state index in [1.165, 1.54) is 0 Å². The van der Waals surface area contributed by atoms with Gasteiger partial charge in [-0.15, -0.1) is 0 Å². The van der Waals surface area contributed by atoms with Crippen molar-refractivity contribution in [3.63, 3.8) is 0 Å². The number of nitrogens with one attached hydrogen (secondary N) is 1. The number of aromatic nitrogens is 1. The summed E-state index contributed by atoms with van der Waals surface area (Å²) >= 11 is 1.62. The number of nitrogens with zero attached hydrogens (tertiary/aromatic N) is 1. The van der Waals surface area contributed by atoms with E-state index in [4.69, 9.17) is 5.73 Å². The second-order valence-corrected chi connectivity index (χ2v) is 4.77. The predicted molar refractivity (Wildman–Crippen MR) is 72.3 cm³/mol. The molecule has 0 spiro atoms. The van der Waals surface area contributed by atoms with Gasteiger partial charge < -0.3 is 11.1 Å². The average molecular weight is 261 g/mol. The van der Waals surface area contributed by atoms with E-state index in [1.54, 1.807) is 29.7 Å². The van der Waals surface area contributed by atoms with Crippen LogP contribution in [0.15, 0.2) is 35.2 Å². The van der Waals surface area contributed by atoms with E-state index in [0.717, 1.165) is 5.56 Å². The predicted octanol–water partition coefficient (Wildman–Crippen LogP) is 2.09. The molecule has 0 aliphatic heterocycles. The fourth-order valence-electron chi connectivity index (χ4n) is 1.62. The van der Waals surface area contributed by atoms with Crippen LogP contribution in [0.25, 0.3) is 0 Å². The first-order chi connectivity index (χ1) is 8.70. The quantitative estimate of drug-likeness (QED) is 0.885. The molecule has 4 nitrogen and oxygen atoms in total. The lowest BCUT2D eigenvalue weighted by molar-refractivity contribution is 0.0939. The molecule has 0 saturated heterocycles. The zero-order valence-electron chi connectivity index (χ0n) is 10.1. The highest BCUT2D eigenvalue weighted by Gasteiger charge is 2.12. The minimum absolute atomic E-state index is 0.00163. The standard InChI is InChI=1S/C13H15N3OS/c1-9(11-3-5-18-8-11)16-13(17)10-2-4-15-12(6-10)7-14/h2-6,8-9H,7,14H2,1H3,(H,16,17). The Morgan fingerprint density at radius 2 is 2.39 bits per heavy atom. The van der Waals surface area contributed by atoms with E-state index in [2.05, 4.69) is 10.3 Å². The maximum Gasteiger partial charge on any atom is 0.251 e. The molecule has 5 heteroatoms. The molecule has 1 atom stereocenters. The number of hydrogen-bond acceptors (Lipinski definition) is 4. The Morgan fingerprint density at radius 3 is 3.06 bits per heavy atom. The van der Waals surface area contributed by atoms with Crippen LogP contribution in [0, 0.1) is 0 Å². The summed E-state index contributed by atoms with van der Waals surface area (Å²) in [5, 5.41) is 6.98. The SMILES string of the molecule is CC(NC(=O)c1ccnc(CN)c1)c1ccsc1. The van der Waals surface area contributed by atoms with E-state index in [9.17, 15) is 4.79 Å². The van der Waals surface area contributed by atoms with Gasteiger partial charge in [0.15, 0.2) is 0 Å². The largest absolute Gasteiger partial charge is 0.345 e. The second kappa shape index (κ2) is 5.75.